The van der Waals surface area contributed by atoms with Gasteiger partial charge in [-0.25, -0.2) is 4.98 Å². The molecule has 4 aromatic rings. The minimum atomic E-state index is -4.72. The number of benzene rings is 3. The molecule has 3 aromatic carbocycles. The first-order valence-electron chi connectivity index (χ1n) is 11.3. The second kappa shape index (κ2) is 10.2. The number of aromatic nitrogens is 2. The van der Waals surface area contributed by atoms with Crippen molar-refractivity contribution in [3.05, 3.63) is 94.8 Å². The van der Waals surface area contributed by atoms with Gasteiger partial charge in [-0.05, 0) is 48.9 Å². The third-order valence-corrected chi connectivity index (χ3v) is 5.76. The smallest absolute Gasteiger partial charge is 0.345 e. The first-order chi connectivity index (χ1) is 17.9. The van der Waals surface area contributed by atoms with Gasteiger partial charge in [0.15, 0.2) is 5.82 Å². The normalized spacial score (nSPS) is 12.0. The number of nitrogens with one attached hydrogen (secondary N) is 2. The standard InChI is InChI=1S/C26H20F6N4O2/c1-2-36-21-13-16(34-23(37)17-8-4-6-10-19(17)26(30,31)32)11-12-20(21)35-22(36)24(38)33-14-15-7-3-5-9-18(15)25(27,28)29/h3-13H,2,14H2,1H3,(H,33,38)(H,34,37). The number of carbonyl (C=O) groups is 2. The van der Waals surface area contributed by atoms with Crippen molar-refractivity contribution in [2.24, 2.45) is 0 Å². The lowest BCUT2D eigenvalue weighted by atomic mass is 10.1. The third-order valence-electron chi connectivity index (χ3n) is 5.76. The van der Waals surface area contributed by atoms with Crippen LogP contribution in [0.2, 0.25) is 0 Å². The lowest BCUT2D eigenvalue weighted by Gasteiger charge is -2.13. The number of halogens is 6. The Hall–Kier alpha value is -4.35. The quantitative estimate of drug-likeness (QED) is 0.286. The summed E-state index contributed by atoms with van der Waals surface area (Å²) in [6.07, 6.45) is -9.30. The molecular formula is C26H20F6N4O2. The Kier molecular flexibility index (Phi) is 7.16. The van der Waals surface area contributed by atoms with E-state index in [4.69, 9.17) is 0 Å². The highest BCUT2D eigenvalue weighted by Crippen LogP contribution is 2.33. The molecule has 1 heterocycles. The fraction of sp³-hybridized carbons (Fsp3) is 0.192. The summed E-state index contributed by atoms with van der Waals surface area (Å²) in [6.45, 7) is 1.57. The van der Waals surface area contributed by atoms with E-state index in [2.05, 4.69) is 15.6 Å². The van der Waals surface area contributed by atoms with Crippen LogP contribution in [0.15, 0.2) is 66.7 Å². The molecule has 2 amide bonds. The van der Waals surface area contributed by atoms with Crippen LogP contribution in [0, 0.1) is 0 Å². The SMILES string of the molecule is CCn1c(C(=O)NCc2ccccc2C(F)(F)F)nc2ccc(NC(=O)c3ccccc3C(F)(F)F)cc21. The van der Waals surface area contributed by atoms with Crippen molar-refractivity contribution in [1.29, 1.82) is 0 Å². The van der Waals surface area contributed by atoms with Crippen LogP contribution < -0.4 is 10.6 Å². The van der Waals surface area contributed by atoms with E-state index < -0.39 is 40.9 Å². The monoisotopic (exact) mass is 534 g/mol. The maximum Gasteiger partial charge on any atom is 0.417 e. The molecule has 0 fully saturated rings. The zero-order valence-corrected chi connectivity index (χ0v) is 19.7. The number of carbonyl (C=O) groups excluding carboxylic acids is 2. The molecule has 0 bridgehead atoms. The molecule has 0 aliphatic rings. The first-order valence-corrected chi connectivity index (χ1v) is 11.3. The topological polar surface area (TPSA) is 76.0 Å². The maximum atomic E-state index is 13.3. The van der Waals surface area contributed by atoms with Gasteiger partial charge in [-0.3, -0.25) is 9.59 Å². The van der Waals surface area contributed by atoms with Crippen molar-refractivity contribution >= 4 is 28.5 Å². The average Bonchev–Trinajstić information content (AvgIpc) is 3.24. The van der Waals surface area contributed by atoms with Gasteiger partial charge in [-0.2, -0.15) is 26.3 Å². The average molecular weight is 534 g/mol. The van der Waals surface area contributed by atoms with E-state index in [1.54, 1.807) is 6.92 Å². The van der Waals surface area contributed by atoms with Gasteiger partial charge in [0.05, 0.1) is 27.7 Å². The predicted octanol–water partition coefficient (Wildman–Crippen LogP) is 6.28. The summed E-state index contributed by atoms with van der Waals surface area (Å²) in [4.78, 5) is 29.7. The number of hydrogen-bond donors (Lipinski definition) is 2. The lowest BCUT2D eigenvalue weighted by molar-refractivity contribution is -0.138. The number of rotatable bonds is 6. The fourth-order valence-corrected chi connectivity index (χ4v) is 4.03. The molecule has 6 nitrogen and oxygen atoms in total. The van der Waals surface area contributed by atoms with E-state index in [-0.39, 0.29) is 30.2 Å². The van der Waals surface area contributed by atoms with E-state index in [0.717, 1.165) is 18.2 Å². The molecular weight excluding hydrogens is 514 g/mol. The van der Waals surface area contributed by atoms with Crippen LogP contribution in [0.1, 0.15) is 44.6 Å². The number of hydrogen-bond acceptors (Lipinski definition) is 3. The summed E-state index contributed by atoms with van der Waals surface area (Å²) in [5.74, 6) is -1.76. The second-order valence-corrected chi connectivity index (χ2v) is 8.22. The van der Waals surface area contributed by atoms with Gasteiger partial charge in [-0.1, -0.05) is 30.3 Å². The van der Waals surface area contributed by atoms with Crippen molar-refractivity contribution in [3.8, 4) is 0 Å². The molecule has 0 saturated carbocycles. The van der Waals surface area contributed by atoms with Crippen molar-refractivity contribution < 1.29 is 35.9 Å². The Bertz CT molecular complexity index is 1510. The van der Waals surface area contributed by atoms with Crippen molar-refractivity contribution in [2.75, 3.05) is 5.32 Å². The molecule has 0 radical (unpaired) electrons. The Morgan fingerprint density at radius 2 is 1.47 bits per heavy atom. The lowest BCUT2D eigenvalue weighted by Crippen LogP contribution is -2.27. The molecule has 0 unspecified atom stereocenters. The predicted molar refractivity (Wildman–Crippen MR) is 127 cm³/mol. The molecule has 38 heavy (non-hydrogen) atoms. The van der Waals surface area contributed by atoms with Crippen molar-refractivity contribution in [2.45, 2.75) is 32.4 Å². The van der Waals surface area contributed by atoms with Gasteiger partial charge in [0.2, 0.25) is 0 Å². The van der Waals surface area contributed by atoms with E-state index >= 15 is 0 Å². The molecule has 1 aromatic heterocycles. The van der Waals surface area contributed by atoms with E-state index in [1.807, 2.05) is 0 Å². The molecule has 0 saturated heterocycles. The van der Waals surface area contributed by atoms with Gasteiger partial charge in [-0.15, -0.1) is 0 Å². The van der Waals surface area contributed by atoms with Gasteiger partial charge >= 0.3 is 12.4 Å². The number of aryl methyl sites for hydroxylation is 1. The van der Waals surface area contributed by atoms with Crippen LogP contribution in [0.3, 0.4) is 0 Å². The first kappa shape index (κ1) is 26.7. The molecule has 0 aliphatic carbocycles. The minimum absolute atomic E-state index is 0.0714. The van der Waals surface area contributed by atoms with Crippen molar-refractivity contribution in [3.63, 3.8) is 0 Å². The molecule has 0 spiro atoms. The molecule has 12 heteroatoms. The number of amides is 2. The van der Waals surface area contributed by atoms with E-state index in [9.17, 15) is 35.9 Å². The highest BCUT2D eigenvalue weighted by molar-refractivity contribution is 6.06. The fourth-order valence-electron chi connectivity index (χ4n) is 4.03. The van der Waals surface area contributed by atoms with Crippen LogP contribution >= 0.6 is 0 Å². The zero-order valence-electron chi connectivity index (χ0n) is 19.7. The maximum absolute atomic E-state index is 13.3. The number of fused-ring (bicyclic) bond motifs is 1. The van der Waals surface area contributed by atoms with E-state index in [1.165, 1.54) is 53.1 Å². The summed E-state index contributed by atoms with van der Waals surface area (Å²) in [5, 5.41) is 4.89. The van der Waals surface area contributed by atoms with Gasteiger partial charge < -0.3 is 15.2 Å². The highest BCUT2D eigenvalue weighted by Gasteiger charge is 2.35. The van der Waals surface area contributed by atoms with Crippen LogP contribution in [0.25, 0.3) is 11.0 Å². The largest absolute Gasteiger partial charge is 0.417 e. The number of nitrogens with zero attached hydrogens (tertiary/aromatic N) is 2. The Morgan fingerprint density at radius 3 is 2.13 bits per heavy atom. The number of alkyl halides is 6. The summed E-state index contributed by atoms with van der Waals surface area (Å²) >= 11 is 0. The third kappa shape index (κ3) is 5.48. The number of imidazole rings is 1. The minimum Gasteiger partial charge on any atom is -0.345 e. The summed E-state index contributed by atoms with van der Waals surface area (Å²) < 4.78 is 81.2. The second-order valence-electron chi connectivity index (χ2n) is 8.22. The van der Waals surface area contributed by atoms with Crippen LogP contribution in [0.4, 0.5) is 32.0 Å². The molecule has 0 atom stereocenters. The van der Waals surface area contributed by atoms with Crippen molar-refractivity contribution in [1.82, 2.24) is 14.9 Å². The summed E-state index contributed by atoms with van der Waals surface area (Å²) in [7, 11) is 0. The molecule has 4 rings (SSSR count). The molecule has 0 aliphatic heterocycles. The van der Waals surface area contributed by atoms with Gasteiger partial charge in [0.1, 0.15) is 0 Å². The summed E-state index contributed by atoms with van der Waals surface area (Å²) in [5.41, 5.74) is -1.70. The van der Waals surface area contributed by atoms with Gasteiger partial charge in [0, 0.05) is 18.8 Å². The van der Waals surface area contributed by atoms with E-state index in [0.29, 0.717) is 11.0 Å². The van der Waals surface area contributed by atoms with Crippen LogP contribution in [-0.2, 0) is 25.4 Å². The van der Waals surface area contributed by atoms with Gasteiger partial charge in [0.25, 0.3) is 11.8 Å². The Balaban J connectivity index is 1.58. The summed E-state index contributed by atoms with van der Waals surface area (Å²) in [6, 6.07) is 13.6. The van der Waals surface area contributed by atoms with Crippen LogP contribution in [-0.4, -0.2) is 21.4 Å². The highest BCUT2D eigenvalue weighted by atomic mass is 19.4. The zero-order chi connectivity index (χ0) is 27.7. The Labute approximate surface area is 212 Å². The Morgan fingerprint density at radius 1 is 0.842 bits per heavy atom. The van der Waals surface area contributed by atoms with Crippen LogP contribution in [0.5, 0.6) is 0 Å². The molecule has 2 N–H and O–H groups in total. The molecule has 198 valence electrons. The number of anilines is 1.